The van der Waals surface area contributed by atoms with E-state index in [1.807, 2.05) is 13.0 Å². The Balaban J connectivity index is 2.02. The van der Waals surface area contributed by atoms with Gasteiger partial charge < -0.3 is 9.73 Å². The van der Waals surface area contributed by atoms with Crippen molar-refractivity contribution in [3.05, 3.63) is 59.6 Å². The van der Waals surface area contributed by atoms with E-state index in [1.165, 1.54) is 13.0 Å². The molecule has 0 aliphatic rings. The Morgan fingerprint density at radius 2 is 2.00 bits per heavy atom. The van der Waals surface area contributed by atoms with Crippen LogP contribution in [0.1, 0.15) is 28.8 Å². The summed E-state index contributed by atoms with van der Waals surface area (Å²) in [5.41, 5.74) is 1.15. The Morgan fingerprint density at radius 3 is 2.65 bits per heavy atom. The molecule has 4 heteroatoms. The monoisotopic (exact) mass is 269 g/mol. The lowest BCUT2D eigenvalue weighted by molar-refractivity contribution is -0.111. The SMILES string of the molecule is CC(=O)c1cccc(NC(=O)C=Cc2ccc(C)o2)c1. The summed E-state index contributed by atoms with van der Waals surface area (Å²) in [6, 6.07) is 10.4. The molecule has 0 spiro atoms. The predicted octanol–water partition coefficient (Wildman–Crippen LogP) is 3.44. The van der Waals surface area contributed by atoms with Gasteiger partial charge in [-0.25, -0.2) is 0 Å². The van der Waals surface area contributed by atoms with Crippen molar-refractivity contribution in [2.24, 2.45) is 0 Å². The van der Waals surface area contributed by atoms with E-state index in [0.717, 1.165) is 5.76 Å². The Labute approximate surface area is 117 Å². The molecule has 1 amide bonds. The second-order valence-corrected chi connectivity index (χ2v) is 4.41. The van der Waals surface area contributed by atoms with Gasteiger partial charge in [0.1, 0.15) is 11.5 Å². The van der Waals surface area contributed by atoms with Gasteiger partial charge in [-0.1, -0.05) is 12.1 Å². The summed E-state index contributed by atoms with van der Waals surface area (Å²) in [4.78, 5) is 23.0. The second kappa shape index (κ2) is 6.02. The molecular formula is C16H15NO3. The van der Waals surface area contributed by atoms with Crippen LogP contribution in [0, 0.1) is 6.92 Å². The fourth-order valence-corrected chi connectivity index (χ4v) is 1.70. The number of ketones is 1. The van der Waals surface area contributed by atoms with E-state index in [0.29, 0.717) is 17.0 Å². The quantitative estimate of drug-likeness (QED) is 0.683. The Morgan fingerprint density at radius 1 is 1.20 bits per heavy atom. The number of anilines is 1. The molecule has 20 heavy (non-hydrogen) atoms. The molecule has 1 aromatic heterocycles. The summed E-state index contributed by atoms with van der Waals surface area (Å²) >= 11 is 0. The molecule has 0 unspecified atom stereocenters. The molecule has 1 aromatic carbocycles. The van der Waals surface area contributed by atoms with Crippen LogP contribution >= 0.6 is 0 Å². The first-order chi connectivity index (χ1) is 9.54. The highest BCUT2D eigenvalue weighted by Crippen LogP contribution is 2.12. The number of Topliss-reactive ketones (excluding diaryl/α,β-unsaturated/α-hetero) is 1. The van der Waals surface area contributed by atoms with Crippen LogP contribution in [0.3, 0.4) is 0 Å². The number of hydrogen-bond donors (Lipinski definition) is 1. The second-order valence-electron chi connectivity index (χ2n) is 4.41. The van der Waals surface area contributed by atoms with Gasteiger partial charge >= 0.3 is 0 Å². The molecule has 0 atom stereocenters. The van der Waals surface area contributed by atoms with Gasteiger partial charge in [0.15, 0.2) is 5.78 Å². The normalized spacial score (nSPS) is 10.7. The molecule has 0 aliphatic carbocycles. The number of carbonyl (C=O) groups is 2. The summed E-state index contributed by atoms with van der Waals surface area (Å²) in [6.45, 7) is 3.32. The summed E-state index contributed by atoms with van der Waals surface area (Å²) in [7, 11) is 0. The lowest BCUT2D eigenvalue weighted by Crippen LogP contribution is -2.08. The minimum atomic E-state index is -0.278. The van der Waals surface area contributed by atoms with Crippen LogP contribution in [0.2, 0.25) is 0 Å². The number of carbonyl (C=O) groups excluding carboxylic acids is 2. The van der Waals surface area contributed by atoms with E-state index >= 15 is 0 Å². The van der Waals surface area contributed by atoms with E-state index in [9.17, 15) is 9.59 Å². The zero-order valence-electron chi connectivity index (χ0n) is 11.3. The average molecular weight is 269 g/mol. The third-order valence-corrected chi connectivity index (χ3v) is 2.70. The number of benzene rings is 1. The highest BCUT2D eigenvalue weighted by atomic mass is 16.3. The summed E-state index contributed by atoms with van der Waals surface area (Å²) < 4.78 is 5.32. The molecule has 2 rings (SSSR count). The summed E-state index contributed by atoms with van der Waals surface area (Å²) in [6.07, 6.45) is 2.98. The van der Waals surface area contributed by atoms with Gasteiger partial charge in [0.25, 0.3) is 0 Å². The van der Waals surface area contributed by atoms with E-state index in [1.54, 1.807) is 36.4 Å². The van der Waals surface area contributed by atoms with Crippen LogP contribution in [0.25, 0.3) is 6.08 Å². The predicted molar refractivity (Wildman–Crippen MR) is 77.6 cm³/mol. The Kier molecular flexibility index (Phi) is 4.15. The number of aryl methyl sites for hydroxylation is 1. The van der Waals surface area contributed by atoms with E-state index in [4.69, 9.17) is 4.42 Å². The molecule has 0 saturated carbocycles. The fraction of sp³-hybridized carbons (Fsp3) is 0.125. The van der Waals surface area contributed by atoms with Crippen LogP contribution in [0.15, 0.2) is 46.9 Å². The molecule has 0 bridgehead atoms. The molecule has 1 N–H and O–H groups in total. The molecule has 102 valence electrons. The van der Waals surface area contributed by atoms with Crippen LogP contribution in [0.5, 0.6) is 0 Å². The molecule has 0 fully saturated rings. The van der Waals surface area contributed by atoms with Crippen LogP contribution < -0.4 is 5.32 Å². The van der Waals surface area contributed by atoms with E-state index < -0.39 is 0 Å². The number of amides is 1. The number of hydrogen-bond acceptors (Lipinski definition) is 3. The Hall–Kier alpha value is -2.62. The van der Waals surface area contributed by atoms with Gasteiger partial charge in [-0.3, -0.25) is 9.59 Å². The molecule has 2 aromatic rings. The third kappa shape index (κ3) is 3.68. The van der Waals surface area contributed by atoms with Gasteiger partial charge in [-0.15, -0.1) is 0 Å². The van der Waals surface area contributed by atoms with Gasteiger partial charge in [0.05, 0.1) is 0 Å². The maximum Gasteiger partial charge on any atom is 0.248 e. The molecule has 0 radical (unpaired) electrons. The maximum atomic E-state index is 11.7. The maximum absolute atomic E-state index is 11.7. The first-order valence-electron chi connectivity index (χ1n) is 6.21. The zero-order chi connectivity index (χ0) is 14.5. The van der Waals surface area contributed by atoms with Crippen molar-refractivity contribution in [3.63, 3.8) is 0 Å². The summed E-state index contributed by atoms with van der Waals surface area (Å²) in [5.74, 6) is 1.09. The minimum Gasteiger partial charge on any atom is -0.462 e. The van der Waals surface area contributed by atoms with Crippen LogP contribution in [0.4, 0.5) is 5.69 Å². The summed E-state index contributed by atoms with van der Waals surface area (Å²) in [5, 5.41) is 2.69. The molecule has 1 heterocycles. The van der Waals surface area contributed by atoms with Crippen molar-refractivity contribution < 1.29 is 14.0 Å². The van der Waals surface area contributed by atoms with Crippen molar-refractivity contribution in [2.45, 2.75) is 13.8 Å². The van der Waals surface area contributed by atoms with Gasteiger partial charge in [0, 0.05) is 17.3 Å². The Bertz CT molecular complexity index is 668. The largest absolute Gasteiger partial charge is 0.462 e. The first kappa shape index (κ1) is 13.8. The molecule has 0 saturated heterocycles. The van der Waals surface area contributed by atoms with Crippen molar-refractivity contribution in [3.8, 4) is 0 Å². The number of furan rings is 1. The minimum absolute atomic E-state index is 0.0392. The highest BCUT2D eigenvalue weighted by molar-refractivity contribution is 6.02. The first-order valence-corrected chi connectivity index (χ1v) is 6.21. The van der Waals surface area contributed by atoms with Crippen molar-refractivity contribution >= 4 is 23.5 Å². The van der Waals surface area contributed by atoms with Gasteiger partial charge in [-0.2, -0.15) is 0 Å². The smallest absolute Gasteiger partial charge is 0.248 e. The highest BCUT2D eigenvalue weighted by Gasteiger charge is 2.02. The molecule has 4 nitrogen and oxygen atoms in total. The third-order valence-electron chi connectivity index (χ3n) is 2.70. The topological polar surface area (TPSA) is 59.3 Å². The molecular weight excluding hydrogens is 254 g/mol. The van der Waals surface area contributed by atoms with Crippen LogP contribution in [-0.2, 0) is 4.79 Å². The fourth-order valence-electron chi connectivity index (χ4n) is 1.70. The number of nitrogens with one attached hydrogen (secondary N) is 1. The van der Waals surface area contributed by atoms with Crippen molar-refractivity contribution in [1.29, 1.82) is 0 Å². The zero-order valence-corrected chi connectivity index (χ0v) is 11.3. The van der Waals surface area contributed by atoms with E-state index in [2.05, 4.69) is 5.32 Å². The van der Waals surface area contributed by atoms with Gasteiger partial charge in [0.2, 0.25) is 5.91 Å². The standard InChI is InChI=1S/C16H15NO3/c1-11-6-7-15(20-11)8-9-16(19)17-14-5-3-4-13(10-14)12(2)18/h3-10H,1-2H3,(H,17,19). The number of rotatable bonds is 4. The van der Waals surface area contributed by atoms with Crippen LogP contribution in [-0.4, -0.2) is 11.7 Å². The lowest BCUT2D eigenvalue weighted by Gasteiger charge is -2.03. The van der Waals surface area contributed by atoms with Gasteiger partial charge in [-0.05, 0) is 44.2 Å². The lowest BCUT2D eigenvalue weighted by atomic mass is 10.1. The van der Waals surface area contributed by atoms with Crippen molar-refractivity contribution in [2.75, 3.05) is 5.32 Å². The average Bonchev–Trinajstić information content (AvgIpc) is 2.82. The van der Waals surface area contributed by atoms with E-state index in [-0.39, 0.29) is 11.7 Å². The van der Waals surface area contributed by atoms with Crippen molar-refractivity contribution in [1.82, 2.24) is 0 Å². The molecule has 0 aliphatic heterocycles.